The van der Waals surface area contributed by atoms with E-state index in [1.54, 1.807) is 25.3 Å². The molecule has 2 amide bonds. The fourth-order valence-electron chi connectivity index (χ4n) is 3.51. The molecule has 0 aromatic heterocycles. The normalized spacial score (nSPS) is 13.5. The van der Waals surface area contributed by atoms with E-state index in [2.05, 4.69) is 10.5 Å². The third-order valence-electron chi connectivity index (χ3n) is 5.14. The molecule has 158 valence electrons. The van der Waals surface area contributed by atoms with Gasteiger partial charge >= 0.3 is 0 Å². The van der Waals surface area contributed by atoms with E-state index in [9.17, 15) is 9.59 Å². The van der Waals surface area contributed by atoms with Crippen molar-refractivity contribution in [1.82, 2.24) is 5.43 Å². The molecule has 3 aromatic carbocycles. The van der Waals surface area contributed by atoms with E-state index < -0.39 is 0 Å². The third-order valence-corrected chi connectivity index (χ3v) is 5.14. The number of nitrogens with one attached hydrogen (secondary N) is 1. The average molecular weight is 417 g/mol. The molecule has 31 heavy (non-hydrogen) atoms. The number of para-hydroxylation sites is 2. The highest BCUT2D eigenvalue weighted by atomic mass is 16.5. The lowest BCUT2D eigenvalue weighted by molar-refractivity contribution is -0.125. The van der Waals surface area contributed by atoms with Crippen molar-refractivity contribution in [3.8, 4) is 11.5 Å². The molecule has 1 aliphatic rings. The van der Waals surface area contributed by atoms with Crippen molar-refractivity contribution in [2.24, 2.45) is 5.10 Å². The predicted molar refractivity (Wildman–Crippen MR) is 120 cm³/mol. The number of hydrogen-bond donors (Lipinski definition) is 1. The number of hydrogen-bond acceptors (Lipinski definition) is 5. The molecule has 4 rings (SSSR count). The summed E-state index contributed by atoms with van der Waals surface area (Å²) < 4.78 is 10.7. The van der Waals surface area contributed by atoms with Crippen LogP contribution < -0.4 is 19.8 Å². The highest BCUT2D eigenvalue weighted by molar-refractivity contribution is 6.05. The Balaban J connectivity index is 1.50. The van der Waals surface area contributed by atoms with E-state index in [1.165, 1.54) is 4.90 Å². The molecule has 0 atom stereocenters. The maximum atomic E-state index is 12.5. The lowest BCUT2D eigenvalue weighted by atomic mass is 10.0. The molecule has 3 aromatic rings. The van der Waals surface area contributed by atoms with Crippen LogP contribution in [0.5, 0.6) is 11.5 Å². The number of carbonyl (C=O) groups excluding carboxylic acids is 2. The highest BCUT2D eigenvalue weighted by Gasteiger charge is 2.26. The van der Waals surface area contributed by atoms with Gasteiger partial charge in [0.25, 0.3) is 11.8 Å². The number of carbonyl (C=O) groups is 2. The second-order valence-corrected chi connectivity index (χ2v) is 7.11. The Morgan fingerprint density at radius 2 is 1.90 bits per heavy atom. The van der Waals surface area contributed by atoms with Gasteiger partial charge in [-0.2, -0.15) is 5.10 Å². The first-order valence-corrected chi connectivity index (χ1v) is 10.0. The van der Waals surface area contributed by atoms with E-state index in [1.807, 2.05) is 49.4 Å². The van der Waals surface area contributed by atoms with Crippen LogP contribution in [0, 0.1) is 0 Å². The molecular weight excluding hydrogens is 394 g/mol. The van der Waals surface area contributed by atoms with Gasteiger partial charge < -0.3 is 9.47 Å². The summed E-state index contributed by atoms with van der Waals surface area (Å²) in [4.78, 5) is 26.2. The van der Waals surface area contributed by atoms with Crippen LogP contribution in [0.2, 0.25) is 0 Å². The number of methoxy groups -OCH3 is 1. The largest absolute Gasteiger partial charge is 0.497 e. The van der Waals surface area contributed by atoms with Gasteiger partial charge in [-0.15, -0.1) is 0 Å². The molecule has 0 saturated heterocycles. The van der Waals surface area contributed by atoms with Crippen LogP contribution in [-0.4, -0.2) is 37.8 Å². The first kappa shape index (κ1) is 20.4. The minimum atomic E-state index is -0.374. The van der Waals surface area contributed by atoms with Crippen LogP contribution in [0.4, 0.5) is 5.69 Å². The van der Waals surface area contributed by atoms with Gasteiger partial charge in [0.05, 0.1) is 18.5 Å². The fraction of sp³-hybridized carbons (Fsp3) is 0.208. The number of ether oxygens (including phenoxy) is 2. The highest BCUT2D eigenvalue weighted by Crippen LogP contribution is 2.31. The SMILES string of the molecule is CC/C(=N/NC(=O)CN1C(=O)COc2ccccc21)c1ccc2cc(OC)ccc2c1. The van der Waals surface area contributed by atoms with Gasteiger partial charge in [-0.3, -0.25) is 14.5 Å². The van der Waals surface area contributed by atoms with Crippen molar-refractivity contribution >= 4 is 34.0 Å². The quantitative estimate of drug-likeness (QED) is 0.492. The van der Waals surface area contributed by atoms with E-state index in [4.69, 9.17) is 9.47 Å². The standard InChI is InChI=1S/C24H23N3O4/c1-3-20(18-9-8-17-13-19(30-2)11-10-16(17)12-18)25-26-23(28)14-27-21-6-4-5-7-22(21)31-15-24(27)29/h4-13H,3,14-15H2,1-2H3,(H,26,28)/b25-20-. The van der Waals surface area contributed by atoms with Crippen molar-refractivity contribution in [2.75, 3.05) is 25.2 Å². The predicted octanol–water partition coefficient (Wildman–Crippen LogP) is 3.50. The number of fused-ring (bicyclic) bond motifs is 2. The minimum absolute atomic E-state index is 0.0877. The number of benzene rings is 3. The first-order chi connectivity index (χ1) is 15.1. The molecule has 0 radical (unpaired) electrons. The van der Waals surface area contributed by atoms with E-state index in [0.717, 1.165) is 27.8 Å². The summed E-state index contributed by atoms with van der Waals surface area (Å²) in [6.07, 6.45) is 0.640. The Labute approximate surface area is 180 Å². The molecule has 0 spiro atoms. The molecular formula is C24H23N3O4. The van der Waals surface area contributed by atoms with Crippen LogP contribution in [0.3, 0.4) is 0 Å². The number of amides is 2. The molecule has 1 N–H and O–H groups in total. The van der Waals surface area contributed by atoms with Gasteiger partial charge in [0, 0.05) is 0 Å². The number of hydrazone groups is 1. The molecule has 0 aliphatic carbocycles. The Kier molecular flexibility index (Phi) is 5.84. The van der Waals surface area contributed by atoms with Crippen molar-refractivity contribution in [3.05, 3.63) is 66.2 Å². The summed E-state index contributed by atoms with van der Waals surface area (Å²) in [6.45, 7) is 1.76. The Morgan fingerprint density at radius 3 is 2.71 bits per heavy atom. The number of anilines is 1. The molecule has 1 heterocycles. The number of rotatable bonds is 6. The second kappa shape index (κ2) is 8.87. The van der Waals surface area contributed by atoms with Crippen LogP contribution >= 0.6 is 0 Å². The van der Waals surface area contributed by atoms with Crippen molar-refractivity contribution in [2.45, 2.75) is 13.3 Å². The Bertz CT molecular complexity index is 1170. The average Bonchev–Trinajstić information content (AvgIpc) is 2.81. The van der Waals surface area contributed by atoms with Gasteiger partial charge in [-0.05, 0) is 53.1 Å². The first-order valence-electron chi connectivity index (χ1n) is 10.0. The lowest BCUT2D eigenvalue weighted by Gasteiger charge is -2.28. The molecule has 0 fully saturated rings. The Morgan fingerprint density at radius 1 is 1.13 bits per heavy atom. The number of nitrogens with zero attached hydrogens (tertiary/aromatic N) is 2. The monoisotopic (exact) mass is 417 g/mol. The Hall–Kier alpha value is -3.87. The summed E-state index contributed by atoms with van der Waals surface area (Å²) in [5.74, 6) is 0.747. The van der Waals surface area contributed by atoms with Crippen LogP contribution in [0.25, 0.3) is 10.8 Å². The molecule has 7 nitrogen and oxygen atoms in total. The third kappa shape index (κ3) is 4.35. The van der Waals surface area contributed by atoms with Gasteiger partial charge in [0.1, 0.15) is 18.0 Å². The van der Waals surface area contributed by atoms with Crippen LogP contribution in [0.1, 0.15) is 18.9 Å². The molecule has 1 aliphatic heterocycles. The maximum Gasteiger partial charge on any atom is 0.265 e. The van der Waals surface area contributed by atoms with E-state index >= 15 is 0 Å². The second-order valence-electron chi connectivity index (χ2n) is 7.11. The molecule has 0 bridgehead atoms. The molecule has 0 unspecified atom stereocenters. The minimum Gasteiger partial charge on any atom is -0.497 e. The summed E-state index contributed by atoms with van der Waals surface area (Å²) in [7, 11) is 1.64. The van der Waals surface area contributed by atoms with Crippen molar-refractivity contribution in [1.29, 1.82) is 0 Å². The van der Waals surface area contributed by atoms with E-state index in [-0.39, 0.29) is 25.0 Å². The summed E-state index contributed by atoms with van der Waals surface area (Å²) in [6, 6.07) is 19.0. The van der Waals surface area contributed by atoms with Crippen LogP contribution in [-0.2, 0) is 9.59 Å². The summed E-state index contributed by atoms with van der Waals surface area (Å²) >= 11 is 0. The van der Waals surface area contributed by atoms with Gasteiger partial charge in [0.2, 0.25) is 0 Å². The molecule has 7 heteroatoms. The van der Waals surface area contributed by atoms with Crippen molar-refractivity contribution < 1.29 is 19.1 Å². The zero-order valence-electron chi connectivity index (χ0n) is 17.4. The van der Waals surface area contributed by atoms with Gasteiger partial charge in [-0.1, -0.05) is 37.3 Å². The topological polar surface area (TPSA) is 80.2 Å². The lowest BCUT2D eigenvalue weighted by Crippen LogP contribution is -2.44. The van der Waals surface area contributed by atoms with E-state index in [0.29, 0.717) is 17.9 Å². The molecule has 0 saturated carbocycles. The van der Waals surface area contributed by atoms with Gasteiger partial charge in [-0.25, -0.2) is 5.43 Å². The zero-order valence-corrected chi connectivity index (χ0v) is 17.4. The smallest absolute Gasteiger partial charge is 0.265 e. The maximum absolute atomic E-state index is 12.5. The van der Waals surface area contributed by atoms with Gasteiger partial charge in [0.15, 0.2) is 6.61 Å². The zero-order chi connectivity index (χ0) is 21.8. The fourth-order valence-corrected chi connectivity index (χ4v) is 3.51. The summed E-state index contributed by atoms with van der Waals surface area (Å²) in [5.41, 5.74) is 4.85. The summed E-state index contributed by atoms with van der Waals surface area (Å²) in [5, 5.41) is 6.44. The van der Waals surface area contributed by atoms with Crippen molar-refractivity contribution in [3.63, 3.8) is 0 Å². The van der Waals surface area contributed by atoms with Crippen LogP contribution in [0.15, 0.2) is 65.8 Å².